The molecule has 0 aliphatic carbocycles. The lowest BCUT2D eigenvalue weighted by Gasteiger charge is -2.34. The predicted octanol–water partition coefficient (Wildman–Crippen LogP) is 2.54. The zero-order chi connectivity index (χ0) is 19.1. The minimum Gasteiger partial charge on any atom is -0.335 e. The van der Waals surface area contributed by atoms with Crippen LogP contribution >= 0.6 is 11.3 Å². The third kappa shape index (κ3) is 2.82. The van der Waals surface area contributed by atoms with E-state index in [0.717, 1.165) is 15.7 Å². The van der Waals surface area contributed by atoms with Gasteiger partial charge < -0.3 is 9.80 Å². The van der Waals surface area contributed by atoms with Crippen LogP contribution < -0.4 is 0 Å². The van der Waals surface area contributed by atoms with Crippen molar-refractivity contribution in [1.29, 1.82) is 0 Å². The molecule has 4 aromatic rings. The molecule has 0 saturated carbocycles. The molecule has 140 valence electrons. The summed E-state index contributed by atoms with van der Waals surface area (Å²) < 4.78 is 2.70. The molecule has 7 nitrogen and oxygen atoms in total. The molecular weight excluding hydrogens is 374 g/mol. The SMILES string of the molecule is O=C(c1nc2ccccc2s1)N1CCN(C(=O)c2cnn3ccccc23)CC1. The number of hydrogen-bond donors (Lipinski definition) is 0. The molecule has 0 unspecified atom stereocenters. The molecule has 8 heteroatoms. The van der Waals surface area contributed by atoms with Crippen LogP contribution in [-0.2, 0) is 0 Å². The standard InChI is InChI=1S/C20H17N5O2S/c26-19(14-13-21-25-8-4-3-6-16(14)25)23-9-11-24(12-10-23)20(27)18-22-15-5-1-2-7-17(15)28-18/h1-8,13H,9-12H2. The highest BCUT2D eigenvalue weighted by molar-refractivity contribution is 7.20. The van der Waals surface area contributed by atoms with E-state index >= 15 is 0 Å². The lowest BCUT2D eigenvalue weighted by Crippen LogP contribution is -2.50. The average molecular weight is 391 g/mol. The van der Waals surface area contributed by atoms with Crippen LogP contribution in [0.1, 0.15) is 20.2 Å². The maximum absolute atomic E-state index is 12.9. The lowest BCUT2D eigenvalue weighted by atomic mass is 10.2. The van der Waals surface area contributed by atoms with E-state index in [9.17, 15) is 9.59 Å². The number of para-hydroxylation sites is 1. The van der Waals surface area contributed by atoms with Gasteiger partial charge >= 0.3 is 0 Å². The molecule has 0 atom stereocenters. The van der Waals surface area contributed by atoms with Gasteiger partial charge in [-0.3, -0.25) is 9.59 Å². The van der Waals surface area contributed by atoms with Gasteiger partial charge in [0, 0.05) is 32.4 Å². The summed E-state index contributed by atoms with van der Waals surface area (Å²) in [4.78, 5) is 33.7. The molecular formula is C20H17N5O2S. The molecule has 1 aromatic carbocycles. The molecule has 1 fully saturated rings. The Balaban J connectivity index is 1.29. The van der Waals surface area contributed by atoms with Gasteiger partial charge in [0.15, 0.2) is 5.01 Å². The second kappa shape index (κ2) is 6.72. The van der Waals surface area contributed by atoms with Gasteiger partial charge in [-0.15, -0.1) is 11.3 Å². The molecule has 28 heavy (non-hydrogen) atoms. The molecule has 5 rings (SSSR count). The van der Waals surface area contributed by atoms with Gasteiger partial charge in [0.1, 0.15) is 0 Å². The summed E-state index contributed by atoms with van der Waals surface area (Å²) in [5.41, 5.74) is 2.23. The van der Waals surface area contributed by atoms with Gasteiger partial charge in [-0.1, -0.05) is 18.2 Å². The highest BCUT2D eigenvalue weighted by Gasteiger charge is 2.28. The molecule has 1 aliphatic heterocycles. The van der Waals surface area contributed by atoms with E-state index in [1.54, 1.807) is 20.5 Å². The first kappa shape index (κ1) is 16.9. The third-order valence-electron chi connectivity index (χ3n) is 4.99. The number of thiazole rings is 1. The van der Waals surface area contributed by atoms with Crippen molar-refractivity contribution >= 4 is 38.9 Å². The summed E-state index contributed by atoms with van der Waals surface area (Å²) >= 11 is 1.41. The van der Waals surface area contributed by atoms with E-state index in [2.05, 4.69) is 10.1 Å². The Bertz CT molecular complexity index is 1160. The summed E-state index contributed by atoms with van der Waals surface area (Å²) in [7, 11) is 0. The molecule has 2 amide bonds. The van der Waals surface area contributed by atoms with Crippen molar-refractivity contribution in [2.24, 2.45) is 0 Å². The molecule has 0 spiro atoms. The van der Waals surface area contributed by atoms with Crippen molar-refractivity contribution in [3.8, 4) is 0 Å². The second-order valence-corrected chi connectivity index (χ2v) is 7.69. The third-order valence-corrected chi connectivity index (χ3v) is 6.01. The Morgan fingerprint density at radius 2 is 1.61 bits per heavy atom. The number of carbonyl (C=O) groups is 2. The van der Waals surface area contributed by atoms with Crippen LogP contribution in [0, 0.1) is 0 Å². The van der Waals surface area contributed by atoms with E-state index in [4.69, 9.17) is 0 Å². The maximum Gasteiger partial charge on any atom is 0.282 e. The summed E-state index contributed by atoms with van der Waals surface area (Å²) in [5, 5.41) is 4.74. The highest BCUT2D eigenvalue weighted by Crippen LogP contribution is 2.23. The van der Waals surface area contributed by atoms with Crippen LogP contribution in [0.3, 0.4) is 0 Å². The summed E-state index contributed by atoms with van der Waals surface area (Å²) in [6.45, 7) is 2.00. The first-order valence-corrected chi connectivity index (χ1v) is 9.89. The zero-order valence-electron chi connectivity index (χ0n) is 15.0. The number of pyridine rings is 1. The van der Waals surface area contributed by atoms with Crippen molar-refractivity contribution in [2.75, 3.05) is 26.2 Å². The van der Waals surface area contributed by atoms with Crippen molar-refractivity contribution < 1.29 is 9.59 Å². The summed E-state index contributed by atoms with van der Waals surface area (Å²) in [6.07, 6.45) is 3.43. The smallest absolute Gasteiger partial charge is 0.282 e. The van der Waals surface area contributed by atoms with E-state index < -0.39 is 0 Å². The fraction of sp³-hybridized carbons (Fsp3) is 0.200. The molecule has 4 heterocycles. The van der Waals surface area contributed by atoms with Gasteiger partial charge in [0.05, 0.1) is 27.5 Å². The predicted molar refractivity (Wildman–Crippen MR) is 107 cm³/mol. The Kier molecular flexibility index (Phi) is 4.05. The number of carbonyl (C=O) groups excluding carboxylic acids is 2. The average Bonchev–Trinajstić information content (AvgIpc) is 3.37. The van der Waals surface area contributed by atoms with Crippen molar-refractivity contribution in [1.82, 2.24) is 24.4 Å². The number of piperazine rings is 1. The van der Waals surface area contributed by atoms with Gasteiger partial charge in [0.2, 0.25) is 0 Å². The quantitative estimate of drug-likeness (QED) is 0.527. The number of hydrogen-bond acceptors (Lipinski definition) is 5. The van der Waals surface area contributed by atoms with Gasteiger partial charge in [-0.05, 0) is 24.3 Å². The normalized spacial score (nSPS) is 14.7. The fourth-order valence-electron chi connectivity index (χ4n) is 3.48. The molecule has 3 aromatic heterocycles. The second-order valence-electron chi connectivity index (χ2n) is 6.66. The summed E-state index contributed by atoms with van der Waals surface area (Å²) in [5.74, 6) is -0.113. The molecule has 0 radical (unpaired) electrons. The number of nitrogens with zero attached hydrogens (tertiary/aromatic N) is 5. The maximum atomic E-state index is 12.9. The van der Waals surface area contributed by atoms with Crippen LogP contribution in [0.4, 0.5) is 0 Å². The Morgan fingerprint density at radius 1 is 0.893 bits per heavy atom. The van der Waals surface area contributed by atoms with Crippen LogP contribution in [0.2, 0.25) is 0 Å². The Morgan fingerprint density at radius 3 is 2.39 bits per heavy atom. The largest absolute Gasteiger partial charge is 0.335 e. The number of aromatic nitrogens is 3. The molecule has 1 aliphatic rings. The first-order valence-electron chi connectivity index (χ1n) is 9.07. The molecule has 1 saturated heterocycles. The minimum absolute atomic E-state index is 0.0479. The van der Waals surface area contributed by atoms with E-state index in [1.807, 2.05) is 48.7 Å². The van der Waals surface area contributed by atoms with Crippen LogP contribution in [0.25, 0.3) is 15.7 Å². The van der Waals surface area contributed by atoms with Gasteiger partial charge in [-0.2, -0.15) is 5.10 Å². The van der Waals surface area contributed by atoms with Gasteiger partial charge in [-0.25, -0.2) is 9.50 Å². The van der Waals surface area contributed by atoms with Crippen LogP contribution in [-0.4, -0.2) is 62.4 Å². The Labute approximate surface area is 164 Å². The fourth-order valence-corrected chi connectivity index (χ4v) is 4.41. The zero-order valence-corrected chi connectivity index (χ0v) is 15.8. The highest BCUT2D eigenvalue weighted by atomic mass is 32.1. The molecule has 0 bridgehead atoms. The van der Waals surface area contributed by atoms with E-state index in [1.165, 1.54) is 11.3 Å². The number of rotatable bonds is 2. The van der Waals surface area contributed by atoms with Crippen LogP contribution in [0.15, 0.2) is 54.9 Å². The first-order chi connectivity index (χ1) is 13.7. The van der Waals surface area contributed by atoms with E-state index in [-0.39, 0.29) is 11.8 Å². The number of benzene rings is 1. The van der Waals surface area contributed by atoms with Gasteiger partial charge in [0.25, 0.3) is 11.8 Å². The van der Waals surface area contributed by atoms with Crippen molar-refractivity contribution in [3.05, 3.63) is 65.4 Å². The topological polar surface area (TPSA) is 70.8 Å². The number of amides is 2. The van der Waals surface area contributed by atoms with Crippen molar-refractivity contribution in [2.45, 2.75) is 0 Å². The van der Waals surface area contributed by atoms with Crippen LogP contribution in [0.5, 0.6) is 0 Å². The minimum atomic E-state index is -0.0655. The lowest BCUT2D eigenvalue weighted by molar-refractivity contribution is 0.0536. The van der Waals surface area contributed by atoms with E-state index in [0.29, 0.717) is 36.8 Å². The summed E-state index contributed by atoms with van der Waals surface area (Å²) in [6, 6.07) is 13.4. The van der Waals surface area contributed by atoms with Crippen molar-refractivity contribution in [3.63, 3.8) is 0 Å². The molecule has 0 N–H and O–H groups in total. The number of fused-ring (bicyclic) bond motifs is 2. The monoisotopic (exact) mass is 391 g/mol. The Hall–Kier alpha value is -3.26.